The fourth-order valence-electron chi connectivity index (χ4n) is 3.40. The lowest BCUT2D eigenvalue weighted by Crippen LogP contribution is -2.35. The monoisotopic (exact) mass is 438 g/mol. The number of imide groups is 1. The third-order valence-corrected chi connectivity index (χ3v) is 4.82. The molecule has 1 N–H and O–H groups in total. The van der Waals surface area contributed by atoms with Crippen LogP contribution in [0.3, 0.4) is 0 Å². The smallest absolute Gasteiger partial charge is 0.278 e. The molecule has 0 bridgehead atoms. The van der Waals surface area contributed by atoms with Crippen molar-refractivity contribution in [2.24, 2.45) is 0 Å². The Hall–Kier alpha value is -3.32. The predicted octanol–water partition coefficient (Wildman–Crippen LogP) is 4.10. The van der Waals surface area contributed by atoms with Gasteiger partial charge in [-0.15, -0.1) is 0 Å². The lowest BCUT2D eigenvalue weighted by atomic mass is 10.0. The third kappa shape index (κ3) is 5.29. The Morgan fingerprint density at radius 3 is 2.22 bits per heavy atom. The molecular weight excluding hydrogens is 408 g/mol. The normalized spacial score (nSPS) is 14.0. The Morgan fingerprint density at radius 1 is 0.906 bits per heavy atom. The first-order chi connectivity index (χ1) is 15.3. The topological polar surface area (TPSA) is 77.1 Å². The first kappa shape index (κ1) is 23.3. The molecule has 1 heterocycles. The number of nitrogens with zero attached hydrogens (tertiary/aromatic N) is 1. The molecule has 0 aromatic heterocycles. The van der Waals surface area contributed by atoms with Crippen LogP contribution >= 0.6 is 0 Å². The molecule has 7 nitrogen and oxygen atoms in total. The van der Waals surface area contributed by atoms with E-state index in [0.29, 0.717) is 28.3 Å². The van der Waals surface area contributed by atoms with Crippen molar-refractivity contribution in [1.29, 1.82) is 0 Å². The van der Waals surface area contributed by atoms with Gasteiger partial charge in [0.1, 0.15) is 17.2 Å². The van der Waals surface area contributed by atoms with Crippen molar-refractivity contribution in [3.8, 4) is 11.5 Å². The summed E-state index contributed by atoms with van der Waals surface area (Å²) in [7, 11) is 1.56. The largest absolute Gasteiger partial charge is 0.495 e. The zero-order chi connectivity index (χ0) is 23.3. The maximum atomic E-state index is 13.3. The van der Waals surface area contributed by atoms with Crippen LogP contribution in [-0.4, -0.2) is 49.2 Å². The van der Waals surface area contributed by atoms with Crippen LogP contribution in [0.1, 0.15) is 33.3 Å². The quantitative estimate of drug-likeness (QED) is 0.563. The number of carbonyl (C=O) groups is 2. The molecule has 32 heavy (non-hydrogen) atoms. The van der Waals surface area contributed by atoms with Gasteiger partial charge in [-0.2, -0.15) is 0 Å². The Morgan fingerprint density at radius 2 is 1.59 bits per heavy atom. The van der Waals surface area contributed by atoms with Crippen molar-refractivity contribution in [2.75, 3.05) is 25.6 Å². The molecule has 3 rings (SSSR count). The lowest BCUT2D eigenvalue weighted by Gasteiger charge is -2.17. The second kappa shape index (κ2) is 10.3. The highest BCUT2D eigenvalue weighted by Crippen LogP contribution is 2.33. The fourth-order valence-corrected chi connectivity index (χ4v) is 3.40. The Balaban J connectivity index is 1.97. The molecular formula is C25H30N2O5. The van der Waals surface area contributed by atoms with E-state index in [1.807, 2.05) is 39.8 Å². The summed E-state index contributed by atoms with van der Waals surface area (Å²) in [6.07, 6.45) is 0.0453. The Kier molecular flexibility index (Phi) is 7.53. The molecule has 1 aliphatic rings. The average molecular weight is 439 g/mol. The van der Waals surface area contributed by atoms with Gasteiger partial charge < -0.3 is 19.5 Å². The number of nitrogens with one attached hydrogen (secondary N) is 1. The standard InChI is InChI=1S/C25H30N2O5/c1-16(2)31-15-14-27-24(28)22(18-10-12-19(13-11-18)32-17(3)4)23(25(27)29)26-20-8-6-7-9-21(20)30-5/h6-13,16-17,26H,14-15H2,1-5H3. The first-order valence-corrected chi connectivity index (χ1v) is 10.7. The zero-order valence-electron chi connectivity index (χ0n) is 19.2. The van der Waals surface area contributed by atoms with Gasteiger partial charge in [0.2, 0.25) is 0 Å². The van der Waals surface area contributed by atoms with Gasteiger partial charge in [-0.3, -0.25) is 14.5 Å². The highest BCUT2D eigenvalue weighted by atomic mass is 16.5. The number of hydrogen-bond acceptors (Lipinski definition) is 6. The van der Waals surface area contributed by atoms with E-state index in [0.717, 1.165) is 0 Å². The van der Waals surface area contributed by atoms with E-state index >= 15 is 0 Å². The van der Waals surface area contributed by atoms with E-state index in [9.17, 15) is 9.59 Å². The first-order valence-electron chi connectivity index (χ1n) is 10.7. The number of amides is 2. The van der Waals surface area contributed by atoms with Crippen LogP contribution in [0.2, 0.25) is 0 Å². The summed E-state index contributed by atoms with van der Waals surface area (Å²) in [5.74, 6) is 0.507. The molecule has 2 amide bonds. The molecule has 0 aliphatic carbocycles. The molecule has 0 atom stereocenters. The number of methoxy groups -OCH3 is 1. The second-order valence-corrected chi connectivity index (χ2v) is 7.95. The van der Waals surface area contributed by atoms with Gasteiger partial charge in [0.15, 0.2) is 0 Å². The molecule has 170 valence electrons. The minimum absolute atomic E-state index is 0.00918. The number of ether oxygens (including phenoxy) is 3. The minimum Gasteiger partial charge on any atom is -0.495 e. The summed E-state index contributed by atoms with van der Waals surface area (Å²) in [5, 5.41) is 3.14. The molecule has 0 saturated heterocycles. The van der Waals surface area contributed by atoms with Crippen LogP contribution in [0.15, 0.2) is 54.2 Å². The minimum atomic E-state index is -0.397. The molecule has 0 fully saturated rings. The van der Waals surface area contributed by atoms with E-state index in [-0.39, 0.29) is 37.0 Å². The van der Waals surface area contributed by atoms with E-state index in [1.54, 1.807) is 43.5 Å². The van der Waals surface area contributed by atoms with Gasteiger partial charge in [0, 0.05) is 0 Å². The van der Waals surface area contributed by atoms with E-state index < -0.39 is 5.91 Å². The van der Waals surface area contributed by atoms with Crippen molar-refractivity contribution >= 4 is 23.1 Å². The highest BCUT2D eigenvalue weighted by molar-refractivity contribution is 6.36. The van der Waals surface area contributed by atoms with Crippen molar-refractivity contribution < 1.29 is 23.8 Å². The van der Waals surface area contributed by atoms with Gasteiger partial charge in [0.25, 0.3) is 11.8 Å². The van der Waals surface area contributed by atoms with E-state index in [1.165, 1.54) is 4.90 Å². The lowest BCUT2D eigenvalue weighted by molar-refractivity contribution is -0.137. The van der Waals surface area contributed by atoms with Gasteiger partial charge in [-0.25, -0.2) is 0 Å². The SMILES string of the molecule is COc1ccccc1NC1=C(c2ccc(OC(C)C)cc2)C(=O)N(CCOC(C)C)C1=O. The van der Waals surface area contributed by atoms with Crippen molar-refractivity contribution in [1.82, 2.24) is 4.90 Å². The summed E-state index contributed by atoms with van der Waals surface area (Å²) in [5.41, 5.74) is 1.75. The van der Waals surface area contributed by atoms with Crippen LogP contribution < -0.4 is 14.8 Å². The summed E-state index contributed by atoms with van der Waals surface area (Å²) in [4.78, 5) is 27.8. The molecule has 2 aromatic rings. The summed E-state index contributed by atoms with van der Waals surface area (Å²) in [6.45, 7) is 8.15. The van der Waals surface area contributed by atoms with Crippen LogP contribution in [0.4, 0.5) is 5.69 Å². The molecule has 0 radical (unpaired) electrons. The van der Waals surface area contributed by atoms with Gasteiger partial charge in [-0.1, -0.05) is 24.3 Å². The number of hydrogen-bond donors (Lipinski definition) is 1. The second-order valence-electron chi connectivity index (χ2n) is 7.95. The molecule has 7 heteroatoms. The van der Waals surface area contributed by atoms with E-state index in [2.05, 4.69) is 5.32 Å². The summed E-state index contributed by atoms with van der Waals surface area (Å²) < 4.78 is 16.7. The number of carbonyl (C=O) groups excluding carboxylic acids is 2. The van der Waals surface area contributed by atoms with Crippen LogP contribution in [0.25, 0.3) is 5.57 Å². The van der Waals surface area contributed by atoms with E-state index in [4.69, 9.17) is 14.2 Å². The van der Waals surface area contributed by atoms with Crippen molar-refractivity contribution in [3.05, 3.63) is 59.8 Å². The van der Waals surface area contributed by atoms with Crippen LogP contribution in [0.5, 0.6) is 11.5 Å². The molecule has 1 aliphatic heterocycles. The highest BCUT2D eigenvalue weighted by Gasteiger charge is 2.39. The fraction of sp³-hybridized carbons (Fsp3) is 0.360. The van der Waals surface area contributed by atoms with Crippen molar-refractivity contribution in [3.63, 3.8) is 0 Å². The maximum absolute atomic E-state index is 13.3. The Bertz CT molecular complexity index is 996. The van der Waals surface area contributed by atoms with Gasteiger partial charge in [0.05, 0.1) is 43.7 Å². The van der Waals surface area contributed by atoms with Gasteiger partial charge >= 0.3 is 0 Å². The summed E-state index contributed by atoms with van der Waals surface area (Å²) >= 11 is 0. The van der Waals surface area contributed by atoms with Crippen LogP contribution in [-0.2, 0) is 14.3 Å². The third-order valence-electron chi connectivity index (χ3n) is 4.82. The van der Waals surface area contributed by atoms with Gasteiger partial charge in [-0.05, 0) is 57.5 Å². The van der Waals surface area contributed by atoms with Crippen molar-refractivity contribution in [2.45, 2.75) is 39.9 Å². The molecule has 2 aromatic carbocycles. The number of benzene rings is 2. The molecule has 0 spiro atoms. The Labute approximate surface area is 189 Å². The molecule has 0 saturated carbocycles. The predicted molar refractivity (Wildman–Crippen MR) is 124 cm³/mol. The number of para-hydroxylation sites is 2. The number of anilines is 1. The molecule has 0 unspecified atom stereocenters. The van der Waals surface area contributed by atoms with Crippen LogP contribution in [0, 0.1) is 0 Å². The number of rotatable bonds is 10. The average Bonchev–Trinajstić information content (AvgIpc) is 2.98. The zero-order valence-corrected chi connectivity index (χ0v) is 19.2. The maximum Gasteiger partial charge on any atom is 0.278 e. The summed E-state index contributed by atoms with van der Waals surface area (Å²) in [6, 6.07) is 14.4.